The van der Waals surface area contributed by atoms with Crippen molar-refractivity contribution in [3.05, 3.63) is 65.7 Å². The molecule has 5 heteroatoms. The number of Topliss-reactive ketones (excluding diaryl/α,β-unsaturated/α-hetero) is 2. The van der Waals surface area contributed by atoms with Crippen molar-refractivity contribution in [3.63, 3.8) is 0 Å². The van der Waals surface area contributed by atoms with Crippen LogP contribution in [0.4, 0.5) is 0 Å². The molecule has 0 aliphatic carbocycles. The van der Waals surface area contributed by atoms with E-state index in [0.717, 1.165) is 11.3 Å². The van der Waals surface area contributed by atoms with E-state index in [9.17, 15) is 9.59 Å². The van der Waals surface area contributed by atoms with Gasteiger partial charge in [-0.15, -0.1) is 0 Å². The molecule has 1 N–H and O–H groups in total. The maximum absolute atomic E-state index is 12.5. The Labute approximate surface area is 167 Å². The van der Waals surface area contributed by atoms with Crippen molar-refractivity contribution in [2.75, 3.05) is 20.2 Å². The van der Waals surface area contributed by atoms with Gasteiger partial charge in [-0.2, -0.15) is 0 Å². The number of benzene rings is 2. The molecule has 0 fully saturated rings. The van der Waals surface area contributed by atoms with Gasteiger partial charge in [0.25, 0.3) is 0 Å². The lowest BCUT2D eigenvalue weighted by atomic mass is 10.0. The van der Waals surface area contributed by atoms with Gasteiger partial charge < -0.3 is 14.8 Å². The number of methoxy groups -OCH3 is 1. The summed E-state index contributed by atoms with van der Waals surface area (Å²) in [6.45, 7) is 4.88. The largest absolute Gasteiger partial charge is 0.497 e. The molecule has 0 unspecified atom stereocenters. The fraction of sp³-hybridized carbons (Fsp3) is 0.391. The summed E-state index contributed by atoms with van der Waals surface area (Å²) in [7, 11) is 1.62. The minimum absolute atomic E-state index is 0.0338. The Morgan fingerprint density at radius 3 is 2.29 bits per heavy atom. The number of hydrogen-bond acceptors (Lipinski definition) is 5. The SMILES string of the molecule is COc1ccc(CO[C@@H](CCNCC(=O)c2ccccc2)C(=O)C(C)C)cc1. The van der Waals surface area contributed by atoms with Crippen LogP contribution >= 0.6 is 0 Å². The zero-order chi connectivity index (χ0) is 20.4. The highest BCUT2D eigenvalue weighted by Crippen LogP contribution is 2.15. The van der Waals surface area contributed by atoms with Crippen LogP contribution in [-0.4, -0.2) is 37.9 Å². The number of ketones is 2. The van der Waals surface area contributed by atoms with Crippen LogP contribution in [0, 0.1) is 5.92 Å². The topological polar surface area (TPSA) is 64.6 Å². The molecule has 2 aromatic carbocycles. The minimum atomic E-state index is -0.499. The van der Waals surface area contributed by atoms with Gasteiger partial charge in [-0.3, -0.25) is 9.59 Å². The van der Waals surface area contributed by atoms with E-state index < -0.39 is 6.10 Å². The van der Waals surface area contributed by atoms with E-state index in [1.807, 2.05) is 56.3 Å². The summed E-state index contributed by atoms with van der Waals surface area (Å²) in [5.41, 5.74) is 1.66. The lowest BCUT2D eigenvalue weighted by Gasteiger charge is -2.19. The van der Waals surface area contributed by atoms with Gasteiger partial charge in [0, 0.05) is 11.5 Å². The van der Waals surface area contributed by atoms with Crippen molar-refractivity contribution in [2.45, 2.75) is 33.0 Å². The Kier molecular flexibility index (Phi) is 8.85. The smallest absolute Gasteiger partial charge is 0.176 e. The molecule has 1 atom stereocenters. The monoisotopic (exact) mass is 383 g/mol. The fourth-order valence-corrected chi connectivity index (χ4v) is 2.76. The van der Waals surface area contributed by atoms with E-state index in [1.165, 1.54) is 0 Å². The van der Waals surface area contributed by atoms with E-state index in [-0.39, 0.29) is 24.0 Å². The second-order valence-electron chi connectivity index (χ2n) is 6.96. The second-order valence-corrected chi connectivity index (χ2v) is 6.96. The fourth-order valence-electron chi connectivity index (χ4n) is 2.76. The lowest BCUT2D eigenvalue weighted by Crippen LogP contribution is -2.33. The van der Waals surface area contributed by atoms with Crippen molar-refractivity contribution >= 4 is 11.6 Å². The first-order valence-corrected chi connectivity index (χ1v) is 9.58. The molecule has 0 spiro atoms. The van der Waals surface area contributed by atoms with E-state index >= 15 is 0 Å². The van der Waals surface area contributed by atoms with E-state index in [4.69, 9.17) is 9.47 Å². The molecule has 0 aliphatic rings. The highest BCUT2D eigenvalue weighted by molar-refractivity contribution is 5.97. The van der Waals surface area contributed by atoms with E-state index in [2.05, 4.69) is 5.32 Å². The molecule has 150 valence electrons. The molecule has 0 aromatic heterocycles. The van der Waals surface area contributed by atoms with Crippen molar-refractivity contribution in [1.29, 1.82) is 0 Å². The van der Waals surface area contributed by atoms with Gasteiger partial charge in [-0.1, -0.05) is 56.3 Å². The average Bonchev–Trinajstić information content (AvgIpc) is 2.73. The molecule has 0 heterocycles. The van der Waals surface area contributed by atoms with Gasteiger partial charge in [0.2, 0.25) is 0 Å². The third kappa shape index (κ3) is 6.91. The lowest BCUT2D eigenvalue weighted by molar-refractivity contribution is -0.134. The molecular weight excluding hydrogens is 354 g/mol. The Morgan fingerprint density at radius 2 is 1.68 bits per heavy atom. The summed E-state index contributed by atoms with van der Waals surface area (Å²) in [5.74, 6) is 0.786. The Hall–Kier alpha value is -2.50. The van der Waals surface area contributed by atoms with Crippen LogP contribution in [0.2, 0.25) is 0 Å². The third-order valence-corrected chi connectivity index (χ3v) is 4.46. The summed E-state index contributed by atoms with van der Waals surface area (Å²) < 4.78 is 11.1. The van der Waals surface area contributed by atoms with Crippen molar-refractivity contribution in [1.82, 2.24) is 5.32 Å². The first kappa shape index (κ1) is 21.8. The Balaban J connectivity index is 1.83. The number of carbonyl (C=O) groups is 2. The number of hydrogen-bond donors (Lipinski definition) is 1. The number of ether oxygens (including phenoxy) is 2. The van der Waals surface area contributed by atoms with Crippen LogP contribution in [0.25, 0.3) is 0 Å². The maximum atomic E-state index is 12.5. The quantitative estimate of drug-likeness (QED) is 0.448. The normalized spacial score (nSPS) is 12.0. The molecular formula is C23H29NO4. The molecule has 0 bridgehead atoms. The Morgan fingerprint density at radius 1 is 1.00 bits per heavy atom. The molecule has 0 radical (unpaired) electrons. The Bertz CT molecular complexity index is 741. The summed E-state index contributed by atoms with van der Waals surface area (Å²) in [4.78, 5) is 24.6. The van der Waals surface area contributed by atoms with Crippen LogP contribution in [0.3, 0.4) is 0 Å². The zero-order valence-corrected chi connectivity index (χ0v) is 16.8. The predicted octanol–water partition coefficient (Wildman–Crippen LogP) is 3.67. The number of rotatable bonds is 12. The molecule has 0 saturated carbocycles. The number of nitrogens with one attached hydrogen (secondary N) is 1. The van der Waals surface area contributed by atoms with Gasteiger partial charge in [-0.25, -0.2) is 0 Å². The summed E-state index contributed by atoms with van der Waals surface area (Å²) in [6, 6.07) is 16.8. The number of carbonyl (C=O) groups excluding carboxylic acids is 2. The van der Waals surface area contributed by atoms with Crippen LogP contribution in [0.5, 0.6) is 5.75 Å². The molecule has 0 saturated heterocycles. The van der Waals surface area contributed by atoms with Gasteiger partial charge in [0.15, 0.2) is 11.6 Å². The summed E-state index contributed by atoms with van der Waals surface area (Å²) in [6.07, 6.45) is 0.0244. The van der Waals surface area contributed by atoms with Crippen LogP contribution in [0.1, 0.15) is 36.2 Å². The average molecular weight is 383 g/mol. The minimum Gasteiger partial charge on any atom is -0.497 e. The van der Waals surface area contributed by atoms with Gasteiger partial charge in [-0.05, 0) is 30.7 Å². The van der Waals surface area contributed by atoms with Gasteiger partial charge in [0.05, 0.1) is 20.3 Å². The maximum Gasteiger partial charge on any atom is 0.176 e. The van der Waals surface area contributed by atoms with Crippen LogP contribution in [0.15, 0.2) is 54.6 Å². The summed E-state index contributed by atoms with van der Waals surface area (Å²) in [5, 5.41) is 3.12. The van der Waals surface area contributed by atoms with E-state index in [0.29, 0.717) is 25.1 Å². The standard InChI is InChI=1S/C23H29NO4/c1-17(2)23(26)22(28-16-18-9-11-20(27-3)12-10-18)13-14-24-15-21(25)19-7-5-4-6-8-19/h4-12,17,22,24H,13-16H2,1-3H3/t22-/m0/s1. The first-order chi connectivity index (χ1) is 13.5. The summed E-state index contributed by atoms with van der Waals surface area (Å²) >= 11 is 0. The molecule has 0 amide bonds. The van der Waals surface area contributed by atoms with Crippen LogP contribution < -0.4 is 10.1 Å². The van der Waals surface area contributed by atoms with Gasteiger partial charge in [0.1, 0.15) is 11.9 Å². The highest BCUT2D eigenvalue weighted by atomic mass is 16.5. The van der Waals surface area contributed by atoms with Crippen molar-refractivity contribution in [2.24, 2.45) is 5.92 Å². The third-order valence-electron chi connectivity index (χ3n) is 4.46. The molecule has 28 heavy (non-hydrogen) atoms. The highest BCUT2D eigenvalue weighted by Gasteiger charge is 2.21. The molecule has 0 aliphatic heterocycles. The first-order valence-electron chi connectivity index (χ1n) is 9.58. The van der Waals surface area contributed by atoms with Gasteiger partial charge >= 0.3 is 0 Å². The predicted molar refractivity (Wildman–Crippen MR) is 110 cm³/mol. The molecule has 5 nitrogen and oxygen atoms in total. The zero-order valence-electron chi connectivity index (χ0n) is 16.8. The van der Waals surface area contributed by atoms with Crippen molar-refractivity contribution < 1.29 is 19.1 Å². The van der Waals surface area contributed by atoms with Crippen molar-refractivity contribution in [3.8, 4) is 5.75 Å². The second kappa shape index (κ2) is 11.4. The molecule has 2 aromatic rings. The molecule has 2 rings (SSSR count). The van der Waals surface area contributed by atoms with E-state index in [1.54, 1.807) is 19.2 Å². The van der Waals surface area contributed by atoms with Crippen LogP contribution in [-0.2, 0) is 16.1 Å².